The monoisotopic (exact) mass is 330 g/mol. The van der Waals surface area contributed by atoms with Gasteiger partial charge in [0.1, 0.15) is 0 Å². The lowest BCUT2D eigenvalue weighted by Gasteiger charge is -2.35. The Labute approximate surface area is 141 Å². The molecule has 0 N–H and O–H groups in total. The fourth-order valence-electron chi connectivity index (χ4n) is 2.09. The fourth-order valence-corrected chi connectivity index (χ4v) is 2.67. The molecule has 1 heterocycles. The molecule has 122 valence electrons. The van der Waals surface area contributed by atoms with Crippen molar-refractivity contribution >= 4 is 23.5 Å². The number of hydrogen-bond donors (Lipinski definition) is 0. The van der Waals surface area contributed by atoms with E-state index < -0.39 is 0 Å². The van der Waals surface area contributed by atoms with Gasteiger partial charge in [0.2, 0.25) is 0 Å². The Morgan fingerprint density at radius 3 is 2.57 bits per heavy atom. The topological polar surface area (TPSA) is 41.9 Å². The number of thiophene rings is 1. The molecule has 0 atom stereocenters. The predicted molar refractivity (Wildman–Crippen MR) is 94.6 cm³/mol. The highest BCUT2D eigenvalue weighted by Crippen LogP contribution is 2.17. The van der Waals surface area contributed by atoms with Crippen molar-refractivity contribution in [2.75, 3.05) is 6.61 Å². The Hall–Kier alpha value is -2.14. The van der Waals surface area contributed by atoms with Crippen LogP contribution < -0.4 is 0 Å². The molecule has 5 heteroatoms. The average molecular weight is 330 g/mol. The van der Waals surface area contributed by atoms with Crippen LogP contribution in [0, 0.1) is 0 Å². The van der Waals surface area contributed by atoms with Crippen molar-refractivity contribution in [1.29, 1.82) is 0 Å². The quantitative estimate of drug-likeness (QED) is 0.595. The van der Waals surface area contributed by atoms with Crippen LogP contribution in [0.25, 0.3) is 0 Å². The minimum Gasteiger partial charge on any atom is -0.386 e. The Kier molecular flexibility index (Phi) is 5.93. The van der Waals surface area contributed by atoms with Crippen LogP contribution in [0.15, 0.2) is 53.0 Å². The molecule has 4 nitrogen and oxygen atoms in total. The summed E-state index contributed by atoms with van der Waals surface area (Å²) >= 11 is 1.57. The van der Waals surface area contributed by atoms with Gasteiger partial charge in [0.05, 0.1) is 6.21 Å². The number of benzene rings is 1. The Bertz CT molecular complexity index is 631. The van der Waals surface area contributed by atoms with Gasteiger partial charge in [-0.1, -0.05) is 41.6 Å². The summed E-state index contributed by atoms with van der Waals surface area (Å²) in [4.78, 5) is 20.5. The minimum absolute atomic E-state index is 0.0635. The summed E-state index contributed by atoms with van der Waals surface area (Å²) in [6.07, 6.45) is 1.62. The summed E-state index contributed by atoms with van der Waals surface area (Å²) in [5.74, 6) is -0.0790. The standard InChI is InChI=1S/C18H22N2O2S/c1-18(2,3)20(13-15-8-5-4-6-9-15)17(21)14-22-19-12-16-10-7-11-23-16/h4-12H,13-14H2,1-3H3/b19-12+. The maximum absolute atomic E-state index is 12.5. The first kappa shape index (κ1) is 17.2. The smallest absolute Gasteiger partial charge is 0.264 e. The van der Waals surface area contributed by atoms with Gasteiger partial charge in [-0.2, -0.15) is 0 Å². The van der Waals surface area contributed by atoms with E-state index in [1.807, 2.05) is 73.5 Å². The molecule has 2 aromatic rings. The zero-order valence-electron chi connectivity index (χ0n) is 13.7. The van der Waals surface area contributed by atoms with Crippen LogP contribution in [0.1, 0.15) is 31.2 Å². The van der Waals surface area contributed by atoms with E-state index in [1.165, 1.54) is 0 Å². The zero-order valence-corrected chi connectivity index (χ0v) is 14.5. The number of amides is 1. The van der Waals surface area contributed by atoms with Crippen LogP contribution in [0.4, 0.5) is 0 Å². The number of carbonyl (C=O) groups excluding carboxylic acids is 1. The highest BCUT2D eigenvalue weighted by Gasteiger charge is 2.26. The molecule has 0 saturated heterocycles. The zero-order chi connectivity index (χ0) is 16.7. The van der Waals surface area contributed by atoms with Crippen molar-refractivity contribution in [2.24, 2.45) is 5.16 Å². The van der Waals surface area contributed by atoms with Crippen LogP contribution in [-0.2, 0) is 16.2 Å². The molecule has 0 aliphatic carbocycles. The second-order valence-corrected chi connectivity index (χ2v) is 7.14. The van der Waals surface area contributed by atoms with Gasteiger partial charge >= 0.3 is 0 Å². The molecular formula is C18H22N2O2S. The lowest BCUT2D eigenvalue weighted by Crippen LogP contribution is -2.46. The molecule has 0 radical (unpaired) electrons. The van der Waals surface area contributed by atoms with Crippen molar-refractivity contribution in [1.82, 2.24) is 4.90 Å². The second kappa shape index (κ2) is 7.92. The van der Waals surface area contributed by atoms with Crippen LogP contribution in [0.3, 0.4) is 0 Å². The minimum atomic E-state index is -0.284. The van der Waals surface area contributed by atoms with Crippen molar-refractivity contribution < 1.29 is 9.63 Å². The summed E-state index contributed by atoms with van der Waals surface area (Å²) in [6.45, 7) is 6.54. The van der Waals surface area contributed by atoms with Crippen molar-refractivity contribution in [2.45, 2.75) is 32.9 Å². The molecule has 0 unspecified atom stereocenters. The summed E-state index contributed by atoms with van der Waals surface area (Å²) in [6, 6.07) is 13.8. The van der Waals surface area contributed by atoms with E-state index in [0.717, 1.165) is 10.4 Å². The third-order valence-corrected chi connectivity index (χ3v) is 4.09. The lowest BCUT2D eigenvalue weighted by atomic mass is 10.0. The summed E-state index contributed by atoms with van der Waals surface area (Å²) in [7, 11) is 0. The molecule has 0 aliphatic heterocycles. The highest BCUT2D eigenvalue weighted by molar-refractivity contribution is 7.11. The predicted octanol–water partition coefficient (Wildman–Crippen LogP) is 3.93. The van der Waals surface area contributed by atoms with Crippen LogP contribution in [-0.4, -0.2) is 29.2 Å². The largest absolute Gasteiger partial charge is 0.386 e. The fraction of sp³-hybridized carbons (Fsp3) is 0.333. The lowest BCUT2D eigenvalue weighted by molar-refractivity contribution is -0.141. The van der Waals surface area contributed by atoms with E-state index in [4.69, 9.17) is 4.84 Å². The Balaban J connectivity index is 1.94. The van der Waals surface area contributed by atoms with Crippen molar-refractivity contribution in [3.63, 3.8) is 0 Å². The molecule has 1 aromatic carbocycles. The van der Waals surface area contributed by atoms with Gasteiger partial charge in [-0.25, -0.2) is 0 Å². The van der Waals surface area contributed by atoms with Gasteiger partial charge in [-0.15, -0.1) is 11.3 Å². The van der Waals surface area contributed by atoms with Crippen LogP contribution >= 0.6 is 11.3 Å². The summed E-state index contributed by atoms with van der Waals surface area (Å²) in [5, 5.41) is 5.83. The molecular weight excluding hydrogens is 308 g/mol. The number of carbonyl (C=O) groups is 1. The molecule has 1 aromatic heterocycles. The molecule has 0 aliphatic rings. The molecule has 2 rings (SSSR count). The van der Waals surface area contributed by atoms with E-state index in [2.05, 4.69) is 5.16 Å². The van der Waals surface area contributed by atoms with Gasteiger partial charge in [-0.3, -0.25) is 4.79 Å². The van der Waals surface area contributed by atoms with E-state index in [-0.39, 0.29) is 18.1 Å². The van der Waals surface area contributed by atoms with Crippen molar-refractivity contribution in [3.8, 4) is 0 Å². The van der Waals surface area contributed by atoms with E-state index in [1.54, 1.807) is 17.6 Å². The number of hydrogen-bond acceptors (Lipinski definition) is 4. The van der Waals surface area contributed by atoms with Gasteiger partial charge in [0, 0.05) is 17.0 Å². The summed E-state index contributed by atoms with van der Waals surface area (Å²) in [5.41, 5.74) is 0.811. The molecule has 0 fully saturated rings. The molecule has 0 spiro atoms. The van der Waals surface area contributed by atoms with Gasteiger partial charge < -0.3 is 9.74 Å². The maximum Gasteiger partial charge on any atom is 0.264 e. The van der Waals surface area contributed by atoms with Crippen LogP contribution in [0.5, 0.6) is 0 Å². The van der Waals surface area contributed by atoms with Crippen molar-refractivity contribution in [3.05, 3.63) is 58.3 Å². The molecule has 23 heavy (non-hydrogen) atoms. The van der Waals surface area contributed by atoms with E-state index >= 15 is 0 Å². The first-order chi connectivity index (χ1) is 11.0. The molecule has 1 amide bonds. The Morgan fingerprint density at radius 1 is 1.22 bits per heavy atom. The third-order valence-electron chi connectivity index (χ3n) is 3.28. The number of rotatable bonds is 6. The highest BCUT2D eigenvalue weighted by atomic mass is 32.1. The SMILES string of the molecule is CC(C)(C)N(Cc1ccccc1)C(=O)CO/N=C/c1cccs1. The van der Waals surface area contributed by atoms with E-state index in [0.29, 0.717) is 6.54 Å². The van der Waals surface area contributed by atoms with E-state index in [9.17, 15) is 4.79 Å². The first-order valence-electron chi connectivity index (χ1n) is 7.50. The van der Waals surface area contributed by atoms with Gasteiger partial charge in [0.25, 0.3) is 5.91 Å². The van der Waals surface area contributed by atoms with Crippen LogP contribution in [0.2, 0.25) is 0 Å². The van der Waals surface area contributed by atoms with Gasteiger partial charge in [0.15, 0.2) is 6.61 Å². The van der Waals surface area contributed by atoms with Gasteiger partial charge in [-0.05, 0) is 37.8 Å². The normalized spacial score (nSPS) is 11.6. The molecule has 0 bridgehead atoms. The number of nitrogens with zero attached hydrogens (tertiary/aromatic N) is 2. The first-order valence-corrected chi connectivity index (χ1v) is 8.38. The maximum atomic E-state index is 12.5. The third kappa shape index (κ3) is 5.53. The Morgan fingerprint density at radius 2 is 1.96 bits per heavy atom. The molecule has 0 saturated carbocycles. The number of oxime groups is 1. The summed E-state index contributed by atoms with van der Waals surface area (Å²) < 4.78 is 0. The average Bonchev–Trinajstić information content (AvgIpc) is 3.02. The second-order valence-electron chi connectivity index (χ2n) is 6.16.